The molecule has 0 heterocycles. The minimum atomic E-state index is 0.421. The van der Waals surface area contributed by atoms with Gasteiger partial charge in [0, 0.05) is 0 Å². The third kappa shape index (κ3) is 1.35. The molecule has 52 valence electrons. The van der Waals surface area contributed by atoms with Crippen molar-refractivity contribution in [2.24, 2.45) is 0 Å². The van der Waals surface area contributed by atoms with Crippen molar-refractivity contribution < 1.29 is 9.18 Å². The molecule has 0 saturated carbocycles. The summed E-state index contributed by atoms with van der Waals surface area (Å²) in [5.74, 6) is 0. The lowest BCUT2D eigenvalue weighted by Gasteiger charge is -2.02. The Morgan fingerprint density at radius 2 is 2.30 bits per heavy atom. The molecule has 0 saturated heterocycles. The van der Waals surface area contributed by atoms with Crippen LogP contribution in [-0.2, 0) is 0 Å². The minimum Gasteiger partial charge on any atom is -0.299 e. The van der Waals surface area contributed by atoms with Crippen LogP contribution in [0.2, 0.25) is 0 Å². The van der Waals surface area contributed by atoms with Crippen molar-refractivity contribution in [3.63, 3.8) is 0 Å². The van der Waals surface area contributed by atoms with Gasteiger partial charge in [-0.1, -0.05) is 6.07 Å². The topological polar surface area (TPSA) is 17.1 Å². The summed E-state index contributed by atoms with van der Waals surface area (Å²) >= 11 is 0. The predicted molar refractivity (Wildman–Crippen MR) is 36.3 cm³/mol. The molecule has 0 aliphatic heterocycles. The van der Waals surface area contributed by atoms with E-state index in [1.165, 1.54) is 6.07 Å². The number of carbonyl (C=O) groups excluding carboxylic acids is 1. The van der Waals surface area contributed by atoms with Crippen LogP contribution in [0.1, 0.15) is 15.9 Å². The summed E-state index contributed by atoms with van der Waals surface area (Å²) in [5.41, 5.74) is 0.913. The van der Waals surface area contributed by atoms with Gasteiger partial charge in [0.1, 0.15) is 6.29 Å². The first kappa shape index (κ1) is 6.81. The zero-order valence-corrected chi connectivity index (χ0v) is 5.25. The lowest BCUT2D eigenvalue weighted by molar-refractivity contribution is 0.112. The standard InChI is InChI=1S/C8H6FO/c9-5-7-2-1-3-8(4-7)6-10/h1-6H/q-1. The van der Waals surface area contributed by atoms with Gasteiger partial charge in [-0.25, -0.2) is 0 Å². The number of rotatable bonds is 2. The van der Waals surface area contributed by atoms with Gasteiger partial charge >= 0.3 is 0 Å². The second-order valence-corrected chi connectivity index (χ2v) is 1.90. The van der Waals surface area contributed by atoms with Crippen molar-refractivity contribution in [3.8, 4) is 0 Å². The first-order chi connectivity index (χ1) is 4.86. The highest BCUT2D eigenvalue weighted by atomic mass is 19.1. The zero-order valence-electron chi connectivity index (χ0n) is 5.25. The molecule has 2 heteroatoms. The molecule has 0 aromatic heterocycles. The Hall–Kier alpha value is -1.31. The molecule has 0 N–H and O–H groups in total. The van der Waals surface area contributed by atoms with Crippen molar-refractivity contribution >= 4 is 6.29 Å². The largest absolute Gasteiger partial charge is 0.299 e. The van der Waals surface area contributed by atoms with E-state index in [9.17, 15) is 9.18 Å². The third-order valence-corrected chi connectivity index (χ3v) is 1.17. The van der Waals surface area contributed by atoms with Gasteiger partial charge in [0.2, 0.25) is 0 Å². The van der Waals surface area contributed by atoms with Gasteiger partial charge < -0.3 is 0 Å². The molecule has 0 atom stereocenters. The molecule has 0 aliphatic carbocycles. The number of hydrogen-bond donors (Lipinski definition) is 0. The van der Waals surface area contributed by atoms with Crippen molar-refractivity contribution in [2.75, 3.05) is 0 Å². The van der Waals surface area contributed by atoms with E-state index in [2.05, 4.69) is 0 Å². The number of hydrogen-bond acceptors (Lipinski definition) is 1. The van der Waals surface area contributed by atoms with Crippen LogP contribution in [0, 0.1) is 6.67 Å². The number of halogens is 1. The van der Waals surface area contributed by atoms with E-state index >= 15 is 0 Å². The summed E-state index contributed by atoms with van der Waals surface area (Å²) in [5, 5.41) is 0. The molecular weight excluding hydrogens is 131 g/mol. The van der Waals surface area contributed by atoms with Crippen LogP contribution in [0.3, 0.4) is 0 Å². The quantitative estimate of drug-likeness (QED) is 0.450. The highest BCUT2D eigenvalue weighted by molar-refractivity contribution is 5.75. The fourth-order valence-corrected chi connectivity index (χ4v) is 0.700. The van der Waals surface area contributed by atoms with Crippen LogP contribution >= 0.6 is 0 Å². The Bertz CT molecular complexity index is 232. The van der Waals surface area contributed by atoms with E-state index in [0.29, 0.717) is 24.1 Å². The van der Waals surface area contributed by atoms with Crippen LogP contribution in [0.4, 0.5) is 4.39 Å². The van der Waals surface area contributed by atoms with Crippen LogP contribution in [-0.4, -0.2) is 6.29 Å². The van der Waals surface area contributed by atoms with Crippen molar-refractivity contribution in [3.05, 3.63) is 42.1 Å². The average molecular weight is 137 g/mol. The average Bonchev–Trinajstić information content (AvgIpc) is 2.05. The Morgan fingerprint density at radius 1 is 1.50 bits per heavy atom. The van der Waals surface area contributed by atoms with E-state index in [1.54, 1.807) is 18.2 Å². The van der Waals surface area contributed by atoms with Gasteiger partial charge in [0.15, 0.2) is 0 Å². The van der Waals surface area contributed by atoms with E-state index in [4.69, 9.17) is 0 Å². The normalized spacial score (nSPS) is 8.90. The summed E-state index contributed by atoms with van der Waals surface area (Å²) in [6, 6.07) is 6.33. The molecule has 1 rings (SSSR count). The van der Waals surface area contributed by atoms with Gasteiger partial charge in [-0.05, 0) is 12.2 Å². The number of aldehydes is 1. The molecule has 1 aromatic rings. The van der Waals surface area contributed by atoms with E-state index in [0.717, 1.165) is 0 Å². The highest BCUT2D eigenvalue weighted by Gasteiger charge is 1.83. The summed E-state index contributed by atoms with van der Waals surface area (Å²) in [6.07, 6.45) is 0.687. The van der Waals surface area contributed by atoms with E-state index in [1.807, 2.05) is 0 Å². The fourth-order valence-electron chi connectivity index (χ4n) is 0.700. The van der Waals surface area contributed by atoms with Gasteiger partial charge in [0.05, 0.1) is 0 Å². The minimum absolute atomic E-state index is 0.421. The molecule has 0 bridgehead atoms. The Labute approximate surface area is 58.5 Å². The van der Waals surface area contributed by atoms with E-state index in [-0.39, 0.29) is 0 Å². The lowest BCUT2D eigenvalue weighted by Crippen LogP contribution is -1.80. The SMILES string of the molecule is O=Cc1cccc([CH-]F)c1. The zero-order chi connectivity index (χ0) is 7.40. The van der Waals surface area contributed by atoms with Gasteiger partial charge in [-0.15, -0.1) is 6.07 Å². The maximum absolute atomic E-state index is 11.8. The van der Waals surface area contributed by atoms with Crippen molar-refractivity contribution in [1.29, 1.82) is 0 Å². The fraction of sp³-hybridized carbons (Fsp3) is 0. The second-order valence-electron chi connectivity index (χ2n) is 1.90. The summed E-state index contributed by atoms with van der Waals surface area (Å²) in [6.45, 7) is 0.465. The van der Waals surface area contributed by atoms with Gasteiger partial charge in [-0.2, -0.15) is 17.7 Å². The van der Waals surface area contributed by atoms with Crippen LogP contribution in [0.25, 0.3) is 0 Å². The number of benzene rings is 1. The highest BCUT2D eigenvalue weighted by Crippen LogP contribution is 2.05. The Morgan fingerprint density at radius 3 is 2.90 bits per heavy atom. The van der Waals surface area contributed by atoms with Crippen LogP contribution in [0.15, 0.2) is 24.3 Å². The summed E-state index contributed by atoms with van der Waals surface area (Å²) in [7, 11) is 0. The lowest BCUT2D eigenvalue weighted by atomic mass is 10.1. The monoisotopic (exact) mass is 137 g/mol. The number of carbonyl (C=O) groups is 1. The van der Waals surface area contributed by atoms with Gasteiger partial charge in [-0.3, -0.25) is 9.18 Å². The maximum Gasteiger partial charge on any atom is 0.137 e. The molecular formula is C8H6FO-. The molecule has 0 fully saturated rings. The third-order valence-electron chi connectivity index (χ3n) is 1.17. The van der Waals surface area contributed by atoms with Crippen molar-refractivity contribution in [1.82, 2.24) is 0 Å². The molecule has 0 amide bonds. The Kier molecular flexibility index (Phi) is 2.05. The van der Waals surface area contributed by atoms with Crippen LogP contribution in [0.5, 0.6) is 0 Å². The Balaban J connectivity index is 2.98. The summed E-state index contributed by atoms with van der Waals surface area (Å²) in [4.78, 5) is 10.1. The molecule has 1 aromatic carbocycles. The van der Waals surface area contributed by atoms with Gasteiger partial charge in [0.25, 0.3) is 0 Å². The molecule has 0 unspecified atom stereocenters. The summed E-state index contributed by atoms with van der Waals surface area (Å²) < 4.78 is 11.8. The molecule has 10 heavy (non-hydrogen) atoms. The predicted octanol–water partition coefficient (Wildman–Crippen LogP) is 1.98. The molecule has 1 nitrogen and oxygen atoms in total. The van der Waals surface area contributed by atoms with E-state index < -0.39 is 0 Å². The van der Waals surface area contributed by atoms with Crippen molar-refractivity contribution in [2.45, 2.75) is 0 Å². The smallest absolute Gasteiger partial charge is 0.137 e. The van der Waals surface area contributed by atoms with Crippen LogP contribution < -0.4 is 0 Å². The first-order valence-corrected chi connectivity index (χ1v) is 2.85. The molecule has 0 spiro atoms. The molecule has 0 aliphatic rings. The molecule has 0 radical (unpaired) electrons. The first-order valence-electron chi connectivity index (χ1n) is 2.85. The maximum atomic E-state index is 11.8. The second kappa shape index (κ2) is 3.01.